The molecule has 0 spiro atoms. The number of amides is 1. The lowest BCUT2D eigenvalue weighted by Crippen LogP contribution is -2.24. The van der Waals surface area contributed by atoms with E-state index in [9.17, 15) is 4.79 Å². The molecule has 1 N–H and O–H groups in total. The predicted molar refractivity (Wildman–Crippen MR) is 87.8 cm³/mol. The van der Waals surface area contributed by atoms with Gasteiger partial charge in [-0.25, -0.2) is 4.68 Å². The Hall–Kier alpha value is -2.67. The van der Waals surface area contributed by atoms with Crippen LogP contribution in [0.3, 0.4) is 0 Å². The Morgan fingerprint density at radius 1 is 1.30 bits per heavy atom. The lowest BCUT2D eigenvalue weighted by Gasteiger charge is -2.04. The van der Waals surface area contributed by atoms with Crippen LogP contribution in [-0.4, -0.2) is 28.0 Å². The maximum absolute atomic E-state index is 12.0. The smallest absolute Gasteiger partial charge is 0.224 e. The van der Waals surface area contributed by atoms with Gasteiger partial charge in [0.15, 0.2) is 0 Å². The van der Waals surface area contributed by atoms with Crippen LogP contribution in [0.5, 0.6) is 5.75 Å². The molecule has 3 rings (SSSR count). The Morgan fingerprint density at radius 2 is 2.13 bits per heavy atom. The first-order valence-corrected chi connectivity index (χ1v) is 8.02. The van der Waals surface area contributed by atoms with Crippen molar-refractivity contribution in [2.24, 2.45) is 0 Å². The minimum atomic E-state index is -0.0553. The molecule has 0 aliphatic rings. The SMILES string of the molecule is COc1ccc(CC(=O)NCc2cn(-c3ccsc3)nn2)cc1. The third-order valence-electron chi connectivity index (χ3n) is 3.30. The quantitative estimate of drug-likeness (QED) is 0.753. The van der Waals surface area contributed by atoms with Crippen LogP contribution in [-0.2, 0) is 17.8 Å². The van der Waals surface area contributed by atoms with Crippen molar-refractivity contribution >= 4 is 17.2 Å². The van der Waals surface area contributed by atoms with Gasteiger partial charge in [-0.3, -0.25) is 4.79 Å². The third kappa shape index (κ3) is 3.95. The topological polar surface area (TPSA) is 69.0 Å². The first-order chi connectivity index (χ1) is 11.2. The van der Waals surface area contributed by atoms with Crippen LogP contribution in [0, 0.1) is 0 Å². The molecule has 2 aromatic heterocycles. The highest BCUT2D eigenvalue weighted by Crippen LogP contribution is 2.12. The van der Waals surface area contributed by atoms with Crippen LogP contribution in [0.2, 0.25) is 0 Å². The summed E-state index contributed by atoms with van der Waals surface area (Å²) in [5, 5.41) is 14.9. The number of carbonyl (C=O) groups excluding carboxylic acids is 1. The van der Waals surface area contributed by atoms with Crippen LogP contribution < -0.4 is 10.1 Å². The van der Waals surface area contributed by atoms with E-state index in [-0.39, 0.29) is 5.91 Å². The first-order valence-electron chi connectivity index (χ1n) is 7.08. The first kappa shape index (κ1) is 15.2. The predicted octanol–water partition coefficient (Wildman–Crippen LogP) is 2.20. The summed E-state index contributed by atoms with van der Waals surface area (Å²) in [6.07, 6.45) is 2.14. The lowest BCUT2D eigenvalue weighted by molar-refractivity contribution is -0.120. The van der Waals surface area contributed by atoms with E-state index in [1.54, 1.807) is 23.1 Å². The fourth-order valence-corrected chi connectivity index (χ4v) is 2.70. The molecule has 2 heterocycles. The molecular formula is C16H16N4O2S. The Morgan fingerprint density at radius 3 is 2.83 bits per heavy atom. The van der Waals surface area contributed by atoms with Crippen LogP contribution in [0.1, 0.15) is 11.3 Å². The van der Waals surface area contributed by atoms with Gasteiger partial charge in [0.05, 0.1) is 32.0 Å². The van der Waals surface area contributed by atoms with E-state index in [0.29, 0.717) is 13.0 Å². The van der Waals surface area contributed by atoms with E-state index in [4.69, 9.17) is 4.74 Å². The highest BCUT2D eigenvalue weighted by Gasteiger charge is 2.07. The summed E-state index contributed by atoms with van der Waals surface area (Å²) >= 11 is 1.60. The van der Waals surface area contributed by atoms with Gasteiger partial charge in [-0.2, -0.15) is 11.3 Å². The van der Waals surface area contributed by atoms with Crippen LogP contribution in [0.4, 0.5) is 0 Å². The molecule has 0 bridgehead atoms. The lowest BCUT2D eigenvalue weighted by atomic mass is 10.1. The fourth-order valence-electron chi connectivity index (χ4n) is 2.07. The van der Waals surface area contributed by atoms with Crippen LogP contribution >= 0.6 is 11.3 Å². The van der Waals surface area contributed by atoms with Gasteiger partial charge in [0, 0.05) is 5.38 Å². The molecule has 0 radical (unpaired) electrons. The van der Waals surface area contributed by atoms with Gasteiger partial charge in [0.1, 0.15) is 11.4 Å². The molecule has 7 heteroatoms. The maximum Gasteiger partial charge on any atom is 0.224 e. The van der Waals surface area contributed by atoms with Crippen molar-refractivity contribution in [1.29, 1.82) is 0 Å². The van der Waals surface area contributed by atoms with E-state index < -0.39 is 0 Å². The standard InChI is InChI=1S/C16H16N4O2S/c1-22-15-4-2-12(3-5-15)8-16(21)17-9-13-10-20(19-18-13)14-6-7-23-11-14/h2-7,10-11H,8-9H2,1H3,(H,17,21). The minimum Gasteiger partial charge on any atom is -0.497 e. The van der Waals surface area contributed by atoms with Crippen molar-refractivity contribution in [2.45, 2.75) is 13.0 Å². The zero-order chi connectivity index (χ0) is 16.1. The summed E-state index contributed by atoms with van der Waals surface area (Å²) in [5.74, 6) is 0.722. The van der Waals surface area contributed by atoms with Crippen molar-refractivity contribution < 1.29 is 9.53 Å². The number of nitrogens with one attached hydrogen (secondary N) is 1. The second kappa shape index (κ2) is 7.06. The number of nitrogens with zero attached hydrogens (tertiary/aromatic N) is 3. The van der Waals surface area contributed by atoms with E-state index in [1.807, 2.05) is 47.3 Å². The maximum atomic E-state index is 12.0. The summed E-state index contributed by atoms with van der Waals surface area (Å²) in [7, 11) is 1.62. The van der Waals surface area contributed by atoms with Crippen molar-refractivity contribution in [1.82, 2.24) is 20.3 Å². The number of benzene rings is 1. The van der Waals surface area contributed by atoms with Gasteiger partial charge < -0.3 is 10.1 Å². The molecule has 0 atom stereocenters. The molecule has 0 aliphatic heterocycles. The molecule has 0 fully saturated rings. The van der Waals surface area contributed by atoms with Crippen molar-refractivity contribution in [2.75, 3.05) is 7.11 Å². The molecule has 6 nitrogen and oxygen atoms in total. The normalized spacial score (nSPS) is 10.5. The number of hydrogen-bond donors (Lipinski definition) is 1. The van der Waals surface area contributed by atoms with Crippen LogP contribution in [0.15, 0.2) is 47.3 Å². The summed E-state index contributed by atoms with van der Waals surface area (Å²) in [4.78, 5) is 12.0. The molecule has 3 aromatic rings. The number of hydrogen-bond acceptors (Lipinski definition) is 5. The molecule has 1 aromatic carbocycles. The highest BCUT2D eigenvalue weighted by atomic mass is 32.1. The fraction of sp³-hybridized carbons (Fsp3) is 0.188. The number of aromatic nitrogens is 3. The summed E-state index contributed by atoms with van der Waals surface area (Å²) in [5.41, 5.74) is 2.63. The number of thiophene rings is 1. The van der Waals surface area contributed by atoms with Crippen LogP contribution in [0.25, 0.3) is 5.69 Å². The van der Waals surface area contributed by atoms with Gasteiger partial charge >= 0.3 is 0 Å². The Kier molecular flexibility index (Phi) is 4.68. The number of ether oxygens (including phenoxy) is 1. The molecule has 118 valence electrons. The third-order valence-corrected chi connectivity index (χ3v) is 3.97. The second-order valence-corrected chi connectivity index (χ2v) is 5.72. The Bertz CT molecular complexity index is 766. The monoisotopic (exact) mass is 328 g/mol. The zero-order valence-electron chi connectivity index (χ0n) is 12.6. The molecular weight excluding hydrogens is 312 g/mol. The minimum absolute atomic E-state index is 0.0553. The van der Waals surface area contributed by atoms with E-state index in [2.05, 4.69) is 15.6 Å². The molecule has 0 saturated heterocycles. The highest BCUT2D eigenvalue weighted by molar-refractivity contribution is 7.08. The van der Waals surface area contributed by atoms with Gasteiger partial charge in [-0.05, 0) is 29.1 Å². The molecule has 0 saturated carbocycles. The second-order valence-electron chi connectivity index (χ2n) is 4.94. The van der Waals surface area contributed by atoms with Gasteiger partial charge in [-0.15, -0.1) is 5.10 Å². The van der Waals surface area contributed by atoms with E-state index in [0.717, 1.165) is 22.7 Å². The zero-order valence-corrected chi connectivity index (χ0v) is 13.4. The average molecular weight is 328 g/mol. The molecule has 1 amide bonds. The Labute approximate surface area is 137 Å². The number of carbonyl (C=O) groups is 1. The largest absolute Gasteiger partial charge is 0.497 e. The summed E-state index contributed by atoms with van der Waals surface area (Å²) in [6, 6.07) is 9.41. The van der Waals surface area contributed by atoms with E-state index >= 15 is 0 Å². The number of methoxy groups -OCH3 is 1. The molecule has 0 aliphatic carbocycles. The van der Waals surface area contributed by atoms with E-state index in [1.165, 1.54) is 0 Å². The van der Waals surface area contributed by atoms with Gasteiger partial charge in [-0.1, -0.05) is 17.3 Å². The summed E-state index contributed by atoms with van der Waals surface area (Å²) in [6.45, 7) is 0.360. The number of rotatable bonds is 6. The summed E-state index contributed by atoms with van der Waals surface area (Å²) < 4.78 is 6.79. The Balaban J connectivity index is 1.52. The van der Waals surface area contributed by atoms with Crippen molar-refractivity contribution in [3.63, 3.8) is 0 Å². The van der Waals surface area contributed by atoms with Crippen molar-refractivity contribution in [3.05, 3.63) is 58.5 Å². The van der Waals surface area contributed by atoms with Crippen molar-refractivity contribution in [3.8, 4) is 11.4 Å². The average Bonchev–Trinajstić information content (AvgIpc) is 3.25. The van der Waals surface area contributed by atoms with Gasteiger partial charge in [0.2, 0.25) is 5.91 Å². The molecule has 23 heavy (non-hydrogen) atoms. The van der Waals surface area contributed by atoms with Gasteiger partial charge in [0.25, 0.3) is 0 Å². The molecule has 0 unspecified atom stereocenters.